The quantitative estimate of drug-likeness (QED) is 0.559. The number of aromatic hydroxyl groups is 1. The highest BCUT2D eigenvalue weighted by molar-refractivity contribution is 14.1. The molecule has 1 aromatic rings. The van der Waals surface area contributed by atoms with E-state index in [9.17, 15) is 10.2 Å². The number of nitrogens with two attached hydrogens (primary N) is 1. The number of benzene rings is 1. The topological polar surface area (TPSA) is 66.5 Å². The molecule has 18 heavy (non-hydrogen) atoms. The van der Waals surface area contributed by atoms with Crippen molar-refractivity contribution in [2.75, 3.05) is 0 Å². The summed E-state index contributed by atoms with van der Waals surface area (Å²) in [5.74, 6) is 0.439. The Labute approximate surface area is 141 Å². The SMILES string of the molecule is CCC(C)[C@H](O)[C@H](N)c1cc(I)c(O)c(I)c1.Cl. The summed E-state index contributed by atoms with van der Waals surface area (Å²) in [7, 11) is 0. The van der Waals surface area contributed by atoms with Gasteiger partial charge < -0.3 is 15.9 Å². The zero-order chi connectivity index (χ0) is 13.2. The Bertz CT molecular complexity index is 381. The van der Waals surface area contributed by atoms with Crippen molar-refractivity contribution in [3.8, 4) is 5.75 Å². The molecule has 3 atom stereocenters. The molecule has 0 aliphatic rings. The lowest BCUT2D eigenvalue weighted by Gasteiger charge is -2.24. The minimum absolute atomic E-state index is 0. The van der Waals surface area contributed by atoms with E-state index in [4.69, 9.17) is 5.73 Å². The van der Waals surface area contributed by atoms with E-state index in [1.165, 1.54) is 0 Å². The maximum Gasteiger partial charge on any atom is 0.142 e. The summed E-state index contributed by atoms with van der Waals surface area (Å²) in [6, 6.07) is 3.25. The molecule has 0 spiro atoms. The minimum Gasteiger partial charge on any atom is -0.506 e. The van der Waals surface area contributed by atoms with Gasteiger partial charge in [-0.25, -0.2) is 0 Å². The molecule has 0 fully saturated rings. The van der Waals surface area contributed by atoms with Crippen molar-refractivity contribution in [2.45, 2.75) is 32.4 Å². The second kappa shape index (κ2) is 8.08. The lowest BCUT2D eigenvalue weighted by Crippen LogP contribution is -2.31. The summed E-state index contributed by atoms with van der Waals surface area (Å²) < 4.78 is 1.52. The fourth-order valence-electron chi connectivity index (χ4n) is 1.57. The highest BCUT2D eigenvalue weighted by atomic mass is 127. The van der Waals surface area contributed by atoms with Gasteiger partial charge in [-0.15, -0.1) is 12.4 Å². The number of hydrogen-bond donors (Lipinski definition) is 3. The summed E-state index contributed by atoms with van der Waals surface area (Å²) in [4.78, 5) is 0. The first-order chi connectivity index (χ1) is 7.88. The molecule has 6 heteroatoms. The molecule has 1 unspecified atom stereocenters. The number of halogens is 3. The zero-order valence-corrected chi connectivity index (χ0v) is 15.4. The van der Waals surface area contributed by atoms with Crippen LogP contribution in [0.15, 0.2) is 12.1 Å². The van der Waals surface area contributed by atoms with Crippen LogP contribution in [0.4, 0.5) is 0 Å². The number of phenols is 1. The molecular weight excluding hydrogens is 479 g/mol. The fraction of sp³-hybridized carbons (Fsp3) is 0.500. The van der Waals surface area contributed by atoms with Gasteiger partial charge in [-0.2, -0.15) is 0 Å². The monoisotopic (exact) mass is 497 g/mol. The molecule has 0 bridgehead atoms. The molecule has 0 aliphatic heterocycles. The van der Waals surface area contributed by atoms with E-state index in [2.05, 4.69) is 45.2 Å². The van der Waals surface area contributed by atoms with Gasteiger partial charge in [-0.05, 0) is 68.8 Å². The lowest BCUT2D eigenvalue weighted by molar-refractivity contribution is 0.0879. The lowest BCUT2D eigenvalue weighted by atomic mass is 9.92. The maximum atomic E-state index is 10.1. The average Bonchev–Trinajstić information content (AvgIpc) is 2.32. The molecule has 3 nitrogen and oxygen atoms in total. The van der Waals surface area contributed by atoms with Crippen molar-refractivity contribution < 1.29 is 10.2 Å². The molecule has 1 rings (SSSR count). The van der Waals surface area contributed by atoms with Crippen molar-refractivity contribution in [2.24, 2.45) is 11.7 Å². The van der Waals surface area contributed by atoms with E-state index in [1.807, 2.05) is 26.0 Å². The Morgan fingerprint density at radius 2 is 1.72 bits per heavy atom. The van der Waals surface area contributed by atoms with Crippen LogP contribution >= 0.6 is 57.6 Å². The third-order valence-electron chi connectivity index (χ3n) is 3.02. The Hall–Kier alpha value is 0.690. The molecule has 0 aromatic heterocycles. The van der Waals surface area contributed by atoms with Crippen molar-refractivity contribution >= 4 is 57.6 Å². The van der Waals surface area contributed by atoms with Crippen LogP contribution in [0.1, 0.15) is 31.9 Å². The summed E-state index contributed by atoms with van der Waals surface area (Å²) in [6.45, 7) is 4.02. The Morgan fingerprint density at radius 3 is 2.11 bits per heavy atom. The molecule has 4 N–H and O–H groups in total. The van der Waals surface area contributed by atoms with Crippen LogP contribution in [0, 0.1) is 13.1 Å². The Kier molecular flexibility index (Phi) is 8.39. The molecular formula is C12H18ClI2NO2. The first-order valence-corrected chi connectivity index (χ1v) is 7.65. The summed E-state index contributed by atoms with van der Waals surface area (Å²) >= 11 is 4.13. The van der Waals surface area contributed by atoms with E-state index in [1.54, 1.807) is 0 Å². The van der Waals surface area contributed by atoms with Gasteiger partial charge in [0.25, 0.3) is 0 Å². The molecule has 0 amide bonds. The summed E-state index contributed by atoms with van der Waals surface area (Å²) in [5.41, 5.74) is 6.93. The Balaban J connectivity index is 0.00000289. The van der Waals surface area contributed by atoms with E-state index in [-0.39, 0.29) is 24.1 Å². The van der Waals surface area contributed by atoms with E-state index in [0.717, 1.165) is 19.1 Å². The third-order valence-corrected chi connectivity index (χ3v) is 4.66. The van der Waals surface area contributed by atoms with Crippen LogP contribution < -0.4 is 5.73 Å². The van der Waals surface area contributed by atoms with Crippen molar-refractivity contribution in [1.29, 1.82) is 0 Å². The van der Waals surface area contributed by atoms with E-state index in [0.29, 0.717) is 0 Å². The zero-order valence-electron chi connectivity index (χ0n) is 10.2. The molecule has 0 saturated carbocycles. The van der Waals surface area contributed by atoms with E-state index >= 15 is 0 Å². The van der Waals surface area contributed by atoms with Crippen molar-refractivity contribution in [3.63, 3.8) is 0 Å². The fourth-order valence-corrected chi connectivity index (χ4v) is 3.39. The van der Waals surface area contributed by atoms with Gasteiger partial charge >= 0.3 is 0 Å². The van der Waals surface area contributed by atoms with Gasteiger partial charge in [0, 0.05) is 0 Å². The number of aliphatic hydroxyl groups excluding tert-OH is 1. The predicted molar refractivity (Wildman–Crippen MR) is 93.2 cm³/mol. The highest BCUT2D eigenvalue weighted by Crippen LogP contribution is 2.31. The smallest absolute Gasteiger partial charge is 0.142 e. The van der Waals surface area contributed by atoms with Gasteiger partial charge in [0.05, 0.1) is 19.3 Å². The van der Waals surface area contributed by atoms with E-state index < -0.39 is 12.1 Å². The predicted octanol–water partition coefficient (Wildman–Crippen LogP) is 3.43. The van der Waals surface area contributed by atoms with Gasteiger partial charge in [-0.1, -0.05) is 20.3 Å². The van der Waals surface area contributed by atoms with Gasteiger partial charge in [-0.3, -0.25) is 0 Å². The second-order valence-electron chi connectivity index (χ2n) is 4.24. The molecule has 104 valence electrons. The Morgan fingerprint density at radius 1 is 1.28 bits per heavy atom. The molecule has 0 heterocycles. The summed E-state index contributed by atoms with van der Waals surface area (Å²) in [5, 5.41) is 19.8. The largest absolute Gasteiger partial charge is 0.506 e. The average molecular weight is 498 g/mol. The minimum atomic E-state index is -0.559. The third kappa shape index (κ3) is 4.36. The highest BCUT2D eigenvalue weighted by Gasteiger charge is 2.23. The van der Waals surface area contributed by atoms with Gasteiger partial charge in [0.1, 0.15) is 5.75 Å². The first-order valence-electron chi connectivity index (χ1n) is 5.50. The van der Waals surface area contributed by atoms with Crippen molar-refractivity contribution in [3.05, 3.63) is 24.8 Å². The molecule has 0 aliphatic carbocycles. The number of aliphatic hydroxyl groups is 1. The normalized spacial score (nSPS) is 15.7. The van der Waals surface area contributed by atoms with Crippen LogP contribution in [-0.2, 0) is 0 Å². The van der Waals surface area contributed by atoms with Gasteiger partial charge in [0.15, 0.2) is 0 Å². The van der Waals surface area contributed by atoms with Crippen LogP contribution in [0.5, 0.6) is 5.75 Å². The molecule has 1 aromatic carbocycles. The number of rotatable bonds is 4. The number of phenolic OH excluding ortho intramolecular Hbond substituents is 1. The van der Waals surface area contributed by atoms with Crippen LogP contribution in [0.3, 0.4) is 0 Å². The van der Waals surface area contributed by atoms with Crippen LogP contribution in [-0.4, -0.2) is 16.3 Å². The molecule has 0 saturated heterocycles. The molecule has 0 radical (unpaired) electrons. The number of hydrogen-bond acceptors (Lipinski definition) is 3. The first kappa shape index (κ1) is 18.7. The van der Waals surface area contributed by atoms with Crippen molar-refractivity contribution in [1.82, 2.24) is 0 Å². The van der Waals surface area contributed by atoms with Gasteiger partial charge in [0.2, 0.25) is 0 Å². The maximum absolute atomic E-state index is 10.1. The second-order valence-corrected chi connectivity index (χ2v) is 6.56. The summed E-state index contributed by atoms with van der Waals surface area (Å²) in [6.07, 6.45) is 0.331. The standard InChI is InChI=1S/C12H17I2NO2.ClH/c1-3-6(2)11(16)10(15)7-4-8(13)12(17)9(14)5-7;/h4-6,10-11,16-17H,3,15H2,1-2H3;1H/t6?,10-,11+;/m1./s1. The van der Waals surface area contributed by atoms with Crippen LogP contribution in [0.25, 0.3) is 0 Å². The van der Waals surface area contributed by atoms with Crippen LogP contribution in [0.2, 0.25) is 0 Å².